The van der Waals surface area contributed by atoms with Crippen molar-refractivity contribution in [2.24, 2.45) is 0 Å². The fourth-order valence-corrected chi connectivity index (χ4v) is 5.94. The van der Waals surface area contributed by atoms with Crippen molar-refractivity contribution < 1.29 is 31.2 Å². The molecule has 2 aromatic carbocycles. The van der Waals surface area contributed by atoms with Crippen molar-refractivity contribution in [3.05, 3.63) is 76.4 Å². The molecule has 0 radical (unpaired) electrons. The van der Waals surface area contributed by atoms with E-state index in [0.29, 0.717) is 26.2 Å². The van der Waals surface area contributed by atoms with E-state index in [9.17, 15) is 21.8 Å². The van der Waals surface area contributed by atoms with Crippen LogP contribution in [0.3, 0.4) is 0 Å². The summed E-state index contributed by atoms with van der Waals surface area (Å²) in [6.45, 7) is 5.59. The topological polar surface area (TPSA) is 83.6 Å². The average molecular weight is 596 g/mol. The predicted molar refractivity (Wildman–Crippen MR) is 143 cm³/mol. The third-order valence-electron chi connectivity index (χ3n) is 7.55. The summed E-state index contributed by atoms with van der Waals surface area (Å²) in [7, 11) is -1.63. The van der Waals surface area contributed by atoms with Crippen LogP contribution >= 0.6 is 0 Å². The highest BCUT2D eigenvalue weighted by molar-refractivity contribution is 7.84. The minimum atomic E-state index is -4.61. The molecule has 1 aromatic heterocycles. The summed E-state index contributed by atoms with van der Waals surface area (Å²) in [5, 5.41) is 11.5. The lowest BCUT2D eigenvalue weighted by atomic mass is 10.0. The van der Waals surface area contributed by atoms with Gasteiger partial charge in [-0.2, -0.15) is 28.6 Å². The number of aromatic nitrogens is 3. The first-order valence-electron chi connectivity index (χ1n) is 13.5. The number of aromatic amines is 1. The Morgan fingerprint density at radius 3 is 2.41 bits per heavy atom. The van der Waals surface area contributed by atoms with Gasteiger partial charge in [-0.15, -0.1) is 0 Å². The van der Waals surface area contributed by atoms with Crippen LogP contribution in [0.2, 0.25) is 0 Å². The van der Waals surface area contributed by atoms with Crippen molar-refractivity contribution in [2.75, 3.05) is 32.5 Å². The minimum Gasteiger partial charge on any atom is -0.349 e. The minimum absolute atomic E-state index is 0.0584. The van der Waals surface area contributed by atoms with E-state index in [0.717, 1.165) is 55.0 Å². The molecule has 1 N–H and O–H groups in total. The van der Waals surface area contributed by atoms with Gasteiger partial charge in [0.15, 0.2) is 6.29 Å². The number of ether oxygens (including phenoxy) is 2. The van der Waals surface area contributed by atoms with Crippen LogP contribution in [0.4, 0.5) is 17.6 Å². The summed E-state index contributed by atoms with van der Waals surface area (Å²) in [6.07, 6.45) is -2.68. The Hall–Kier alpha value is -2.71. The molecule has 5 rings (SSSR count). The molecule has 2 fully saturated rings. The molecule has 0 saturated carbocycles. The lowest BCUT2D eigenvalue weighted by molar-refractivity contribution is -0.231. The van der Waals surface area contributed by atoms with Crippen LogP contribution in [0.25, 0.3) is 0 Å². The zero-order chi connectivity index (χ0) is 29.1. The molecule has 3 unspecified atom stereocenters. The first-order chi connectivity index (χ1) is 19.6. The molecule has 222 valence electrons. The molecule has 4 atom stereocenters. The van der Waals surface area contributed by atoms with Gasteiger partial charge in [-0.1, -0.05) is 12.1 Å². The fourth-order valence-electron chi connectivity index (χ4n) is 5.35. The molecule has 2 saturated heterocycles. The molecule has 8 nitrogen and oxygen atoms in total. The molecule has 0 aliphatic carbocycles. The molecular formula is C28H33F4N5O3S. The van der Waals surface area contributed by atoms with Crippen LogP contribution in [0.15, 0.2) is 47.4 Å². The highest BCUT2D eigenvalue weighted by Gasteiger charge is 2.37. The molecule has 3 aromatic rings. The second kappa shape index (κ2) is 12.7. The van der Waals surface area contributed by atoms with E-state index in [1.807, 2.05) is 0 Å². The summed E-state index contributed by atoms with van der Waals surface area (Å²) in [4.78, 5) is 4.50. The Balaban J connectivity index is 1.42. The second-order valence-electron chi connectivity index (χ2n) is 10.4. The zero-order valence-electron chi connectivity index (χ0n) is 22.9. The van der Waals surface area contributed by atoms with Gasteiger partial charge in [-0.25, -0.2) is 4.39 Å². The highest BCUT2D eigenvalue weighted by atomic mass is 32.2. The van der Waals surface area contributed by atoms with Gasteiger partial charge in [-0.3, -0.25) is 14.0 Å². The van der Waals surface area contributed by atoms with Gasteiger partial charge in [-0.05, 0) is 74.3 Å². The predicted octanol–water partition coefficient (Wildman–Crippen LogP) is 4.97. The standard InChI is InChI=1S/C28H33F4N5O3S/c1-18(20-13-21(28(30,31)32)15-23(14-20)41(2)38)40-27-26(19-5-7-22(29)8-6-19)37(11-12-39-27)17-25-24(33-35-34-25)16-36-9-3-4-10-36/h5-8,13-15,18,26-27H,3-4,9-12,16-17H2,1-2H3,(H,33,34,35)/t18-,26?,27?,41?/m1/s1. The highest BCUT2D eigenvalue weighted by Crippen LogP contribution is 2.37. The fraction of sp³-hybridized carbons (Fsp3) is 0.500. The van der Waals surface area contributed by atoms with E-state index in [-0.39, 0.29) is 10.5 Å². The van der Waals surface area contributed by atoms with Gasteiger partial charge >= 0.3 is 6.18 Å². The number of hydrogen-bond acceptors (Lipinski definition) is 7. The monoisotopic (exact) mass is 595 g/mol. The summed E-state index contributed by atoms with van der Waals surface area (Å²) in [5.74, 6) is -0.392. The van der Waals surface area contributed by atoms with E-state index in [2.05, 4.69) is 25.2 Å². The largest absolute Gasteiger partial charge is 0.416 e. The van der Waals surface area contributed by atoms with E-state index >= 15 is 0 Å². The summed E-state index contributed by atoms with van der Waals surface area (Å²) < 4.78 is 79.2. The van der Waals surface area contributed by atoms with Gasteiger partial charge in [0.2, 0.25) is 0 Å². The smallest absolute Gasteiger partial charge is 0.349 e. The quantitative estimate of drug-likeness (QED) is 0.350. The Kier molecular flexibility index (Phi) is 9.19. The van der Waals surface area contributed by atoms with E-state index in [1.165, 1.54) is 24.5 Å². The molecule has 0 amide bonds. The average Bonchev–Trinajstić information content (AvgIpc) is 3.61. The number of halogens is 4. The first kappa shape index (κ1) is 29.8. The molecular weight excluding hydrogens is 562 g/mol. The number of rotatable bonds is 9. The molecule has 41 heavy (non-hydrogen) atoms. The van der Waals surface area contributed by atoms with E-state index in [4.69, 9.17) is 9.47 Å². The van der Waals surface area contributed by atoms with Gasteiger partial charge in [0.1, 0.15) is 17.2 Å². The number of likely N-dealkylation sites (tertiary alicyclic amines) is 1. The molecule has 3 heterocycles. The van der Waals surface area contributed by atoms with Crippen molar-refractivity contribution in [2.45, 2.75) is 62.4 Å². The maximum atomic E-state index is 13.8. The molecule has 13 heteroatoms. The molecule has 2 aliphatic heterocycles. The Morgan fingerprint density at radius 1 is 1.07 bits per heavy atom. The maximum Gasteiger partial charge on any atom is 0.416 e. The van der Waals surface area contributed by atoms with Crippen molar-refractivity contribution in [3.8, 4) is 0 Å². The van der Waals surface area contributed by atoms with Crippen molar-refractivity contribution in [1.82, 2.24) is 25.2 Å². The van der Waals surface area contributed by atoms with Crippen molar-refractivity contribution >= 4 is 10.8 Å². The normalized spacial score (nSPS) is 22.2. The zero-order valence-corrected chi connectivity index (χ0v) is 23.7. The second-order valence-corrected chi connectivity index (χ2v) is 11.8. The number of morpholine rings is 1. The van der Waals surface area contributed by atoms with Crippen LogP contribution in [0.1, 0.15) is 60.0 Å². The summed E-state index contributed by atoms with van der Waals surface area (Å²) in [5.41, 5.74) is 1.70. The van der Waals surface area contributed by atoms with Gasteiger partial charge < -0.3 is 9.47 Å². The third kappa shape index (κ3) is 7.20. The van der Waals surface area contributed by atoms with Crippen LogP contribution < -0.4 is 0 Å². The third-order valence-corrected chi connectivity index (χ3v) is 8.45. The maximum absolute atomic E-state index is 13.8. The SMILES string of the molecule is C[C@@H](OC1OCCN(Cc2n[nH]nc2CN2CCCC2)C1c1ccc(F)cc1)c1cc(S(C)=O)cc(C(F)(F)F)c1. The van der Waals surface area contributed by atoms with Crippen LogP contribution in [-0.4, -0.2) is 68.2 Å². The van der Waals surface area contributed by atoms with Gasteiger partial charge in [0.05, 0.1) is 24.3 Å². The first-order valence-corrected chi connectivity index (χ1v) is 15.1. The number of hydrogen-bond donors (Lipinski definition) is 1. The van der Waals surface area contributed by atoms with Gasteiger partial charge in [0, 0.05) is 41.6 Å². The number of alkyl halides is 3. The van der Waals surface area contributed by atoms with E-state index in [1.54, 1.807) is 19.1 Å². The lowest BCUT2D eigenvalue weighted by Gasteiger charge is -2.42. The molecule has 2 aliphatic rings. The summed E-state index contributed by atoms with van der Waals surface area (Å²) in [6, 6.07) is 8.87. The number of nitrogens with one attached hydrogen (secondary N) is 1. The molecule has 0 spiro atoms. The van der Waals surface area contributed by atoms with Crippen LogP contribution in [-0.2, 0) is 39.5 Å². The molecule has 0 bridgehead atoms. The van der Waals surface area contributed by atoms with Gasteiger partial charge in [0.25, 0.3) is 0 Å². The Bertz CT molecular complexity index is 1350. The van der Waals surface area contributed by atoms with Crippen molar-refractivity contribution in [1.29, 1.82) is 0 Å². The Morgan fingerprint density at radius 2 is 1.76 bits per heavy atom. The number of benzene rings is 2. The van der Waals surface area contributed by atoms with Crippen LogP contribution in [0, 0.1) is 5.82 Å². The number of nitrogens with zero attached hydrogens (tertiary/aromatic N) is 4. The van der Waals surface area contributed by atoms with E-state index < -0.39 is 46.8 Å². The lowest BCUT2D eigenvalue weighted by Crippen LogP contribution is -2.46. The summed E-state index contributed by atoms with van der Waals surface area (Å²) >= 11 is 0. The Labute approximate surface area is 238 Å². The van der Waals surface area contributed by atoms with Crippen molar-refractivity contribution in [3.63, 3.8) is 0 Å². The number of H-pyrrole nitrogens is 1. The van der Waals surface area contributed by atoms with Crippen LogP contribution in [0.5, 0.6) is 0 Å².